The molecule has 0 saturated heterocycles. The number of rotatable bonds is 4. The van der Waals surface area contributed by atoms with Crippen LogP contribution in [0.3, 0.4) is 0 Å². The summed E-state index contributed by atoms with van der Waals surface area (Å²) in [5.41, 5.74) is 0.304. The number of hydrogen-bond donors (Lipinski definition) is 1. The largest absolute Gasteiger partial charge is 0.433 e. The molecule has 0 amide bonds. The fraction of sp³-hybridized carbons (Fsp3) is 0.667. The molecular weight excluding hydrogens is 156 g/mol. The van der Waals surface area contributed by atoms with Crippen molar-refractivity contribution in [2.45, 2.75) is 33.5 Å². The summed E-state index contributed by atoms with van der Waals surface area (Å²) in [4.78, 5) is 10.9. The van der Waals surface area contributed by atoms with Crippen molar-refractivity contribution in [2.75, 3.05) is 0 Å². The van der Waals surface area contributed by atoms with Gasteiger partial charge in [-0.15, -0.1) is 0 Å². The Balaban J connectivity index is 3.76. The van der Waals surface area contributed by atoms with Gasteiger partial charge in [0.15, 0.2) is 0 Å². The van der Waals surface area contributed by atoms with Crippen LogP contribution in [0.4, 0.5) is 0 Å². The van der Waals surface area contributed by atoms with Gasteiger partial charge in [-0.3, -0.25) is 0 Å². The summed E-state index contributed by atoms with van der Waals surface area (Å²) in [5, 5.41) is 9.15. The van der Waals surface area contributed by atoms with Crippen molar-refractivity contribution < 1.29 is 14.6 Å². The predicted octanol–water partition coefficient (Wildman–Crippen LogP) is 1.47. The van der Waals surface area contributed by atoms with Crippen LogP contribution in [0.15, 0.2) is 12.2 Å². The minimum atomic E-state index is -1.01. The van der Waals surface area contributed by atoms with E-state index >= 15 is 0 Å². The first-order valence-electron chi connectivity index (χ1n) is 3.98. The van der Waals surface area contributed by atoms with Crippen molar-refractivity contribution in [2.24, 2.45) is 5.92 Å². The van der Waals surface area contributed by atoms with E-state index in [9.17, 15) is 4.79 Å². The van der Waals surface area contributed by atoms with Crippen LogP contribution in [0.5, 0.6) is 0 Å². The van der Waals surface area contributed by atoms with Crippen molar-refractivity contribution in [3.05, 3.63) is 12.2 Å². The van der Waals surface area contributed by atoms with Gasteiger partial charge in [0, 0.05) is 12.0 Å². The minimum Gasteiger partial charge on any atom is -0.433 e. The third-order valence-electron chi connectivity index (χ3n) is 1.26. The number of carbonyl (C=O) groups is 1. The highest BCUT2D eigenvalue weighted by molar-refractivity contribution is 5.86. The maximum Gasteiger partial charge on any atom is 0.335 e. The molecule has 3 heteroatoms. The molecule has 12 heavy (non-hydrogen) atoms. The second-order valence-corrected chi connectivity index (χ2v) is 3.27. The fourth-order valence-electron chi connectivity index (χ4n) is 0.676. The molecule has 0 aromatic carbocycles. The van der Waals surface area contributed by atoms with Crippen LogP contribution in [-0.4, -0.2) is 17.4 Å². The van der Waals surface area contributed by atoms with E-state index in [1.54, 1.807) is 6.92 Å². The quantitative estimate of drug-likeness (QED) is 0.397. The van der Waals surface area contributed by atoms with E-state index in [2.05, 4.69) is 11.3 Å². The van der Waals surface area contributed by atoms with Crippen LogP contribution in [0.1, 0.15) is 27.2 Å². The van der Waals surface area contributed by atoms with Gasteiger partial charge in [-0.1, -0.05) is 20.4 Å². The van der Waals surface area contributed by atoms with Crippen LogP contribution in [0.25, 0.3) is 0 Å². The molecule has 0 radical (unpaired) electrons. The number of aliphatic hydroxyl groups excluding tert-OH is 1. The SMILES string of the molecule is C=C(C)C(=O)OC(O)CC(C)C. The molecule has 70 valence electrons. The number of ether oxygens (including phenoxy) is 1. The molecule has 0 aliphatic rings. The van der Waals surface area contributed by atoms with Gasteiger partial charge >= 0.3 is 5.97 Å². The van der Waals surface area contributed by atoms with E-state index in [1.807, 2.05) is 13.8 Å². The van der Waals surface area contributed by atoms with Gasteiger partial charge in [-0.05, 0) is 12.8 Å². The zero-order valence-corrected chi connectivity index (χ0v) is 7.83. The molecule has 0 aliphatic heterocycles. The van der Waals surface area contributed by atoms with Crippen LogP contribution in [0, 0.1) is 5.92 Å². The fourth-order valence-corrected chi connectivity index (χ4v) is 0.676. The van der Waals surface area contributed by atoms with E-state index < -0.39 is 12.3 Å². The molecule has 0 fully saturated rings. The second-order valence-electron chi connectivity index (χ2n) is 3.27. The Morgan fingerprint density at radius 2 is 2.08 bits per heavy atom. The highest BCUT2D eigenvalue weighted by Gasteiger charge is 2.12. The first-order valence-corrected chi connectivity index (χ1v) is 3.98. The molecule has 0 aromatic rings. The summed E-state index contributed by atoms with van der Waals surface area (Å²) in [7, 11) is 0. The monoisotopic (exact) mass is 172 g/mol. The normalized spacial score (nSPS) is 12.8. The lowest BCUT2D eigenvalue weighted by molar-refractivity contribution is -0.164. The molecule has 0 saturated carbocycles. The lowest BCUT2D eigenvalue weighted by atomic mass is 10.1. The summed E-state index contributed by atoms with van der Waals surface area (Å²) in [5.74, 6) is -0.235. The molecule has 0 rings (SSSR count). The molecule has 0 aromatic heterocycles. The number of hydrogen-bond acceptors (Lipinski definition) is 3. The number of esters is 1. The average molecular weight is 172 g/mol. The summed E-state index contributed by atoms with van der Waals surface area (Å²) < 4.78 is 4.64. The molecule has 0 spiro atoms. The molecule has 0 aliphatic carbocycles. The zero-order chi connectivity index (χ0) is 9.72. The first kappa shape index (κ1) is 11.2. The van der Waals surface area contributed by atoms with Crippen LogP contribution >= 0.6 is 0 Å². The molecular formula is C9H16O3. The van der Waals surface area contributed by atoms with Crippen LogP contribution in [-0.2, 0) is 9.53 Å². The minimum absolute atomic E-state index is 0.304. The number of aliphatic hydroxyl groups is 1. The Kier molecular flexibility index (Phi) is 4.59. The third-order valence-corrected chi connectivity index (χ3v) is 1.26. The van der Waals surface area contributed by atoms with E-state index in [1.165, 1.54) is 0 Å². The standard InChI is InChI=1S/C9H16O3/c1-6(2)5-8(10)12-9(11)7(3)4/h6,8,10H,3,5H2,1-2,4H3. The molecule has 0 bridgehead atoms. The van der Waals surface area contributed by atoms with E-state index in [4.69, 9.17) is 5.11 Å². The third kappa shape index (κ3) is 4.91. The van der Waals surface area contributed by atoms with Gasteiger partial charge < -0.3 is 9.84 Å². The Morgan fingerprint density at radius 3 is 2.42 bits per heavy atom. The smallest absolute Gasteiger partial charge is 0.335 e. The topological polar surface area (TPSA) is 46.5 Å². The number of carbonyl (C=O) groups excluding carboxylic acids is 1. The lowest BCUT2D eigenvalue weighted by Crippen LogP contribution is -2.19. The molecule has 1 atom stereocenters. The Bertz CT molecular complexity index is 173. The summed E-state index contributed by atoms with van der Waals surface area (Å²) in [6.45, 7) is 8.83. The Morgan fingerprint density at radius 1 is 1.58 bits per heavy atom. The second kappa shape index (κ2) is 4.93. The molecule has 3 nitrogen and oxygen atoms in total. The van der Waals surface area contributed by atoms with Gasteiger partial charge in [0.05, 0.1) is 0 Å². The summed E-state index contributed by atoms with van der Waals surface area (Å²) >= 11 is 0. The lowest BCUT2D eigenvalue weighted by Gasteiger charge is -2.13. The van der Waals surface area contributed by atoms with Crippen molar-refractivity contribution in [3.8, 4) is 0 Å². The van der Waals surface area contributed by atoms with Gasteiger partial charge in [0.25, 0.3) is 0 Å². The van der Waals surface area contributed by atoms with Gasteiger partial charge in [0.1, 0.15) is 0 Å². The maximum atomic E-state index is 10.9. The molecule has 1 N–H and O–H groups in total. The van der Waals surface area contributed by atoms with Gasteiger partial charge in [0.2, 0.25) is 6.29 Å². The predicted molar refractivity (Wildman–Crippen MR) is 46.4 cm³/mol. The van der Waals surface area contributed by atoms with Gasteiger partial charge in [-0.25, -0.2) is 4.79 Å². The highest BCUT2D eigenvalue weighted by Crippen LogP contribution is 2.07. The van der Waals surface area contributed by atoms with Crippen LogP contribution < -0.4 is 0 Å². The van der Waals surface area contributed by atoms with E-state index in [-0.39, 0.29) is 0 Å². The van der Waals surface area contributed by atoms with Crippen molar-refractivity contribution in [3.63, 3.8) is 0 Å². The van der Waals surface area contributed by atoms with Crippen molar-refractivity contribution in [1.82, 2.24) is 0 Å². The highest BCUT2D eigenvalue weighted by atomic mass is 16.6. The van der Waals surface area contributed by atoms with Crippen LogP contribution in [0.2, 0.25) is 0 Å². The van der Waals surface area contributed by atoms with E-state index in [0.29, 0.717) is 17.9 Å². The molecule has 1 unspecified atom stereocenters. The summed E-state index contributed by atoms with van der Waals surface area (Å²) in [6.07, 6.45) is -0.548. The maximum absolute atomic E-state index is 10.9. The molecule has 0 heterocycles. The first-order chi connectivity index (χ1) is 5.43. The zero-order valence-electron chi connectivity index (χ0n) is 7.83. The Hall–Kier alpha value is -0.830. The van der Waals surface area contributed by atoms with E-state index in [0.717, 1.165) is 0 Å². The summed E-state index contributed by atoms with van der Waals surface area (Å²) in [6, 6.07) is 0. The van der Waals surface area contributed by atoms with Crippen molar-refractivity contribution in [1.29, 1.82) is 0 Å². The van der Waals surface area contributed by atoms with Gasteiger partial charge in [-0.2, -0.15) is 0 Å². The van der Waals surface area contributed by atoms with Crippen molar-refractivity contribution >= 4 is 5.97 Å². The average Bonchev–Trinajstić information content (AvgIpc) is 1.84. The Labute approximate surface area is 73.0 Å².